The van der Waals surface area contributed by atoms with Crippen molar-refractivity contribution in [3.05, 3.63) is 60.7 Å². The predicted octanol–water partition coefficient (Wildman–Crippen LogP) is 1.36. The molecule has 2 aromatic rings. The van der Waals surface area contributed by atoms with Crippen LogP contribution < -0.4 is 20.4 Å². The number of ether oxygens (including phenoxy) is 1. The average Bonchev–Trinajstić information content (AvgIpc) is 2.88. The third-order valence-electron chi connectivity index (χ3n) is 6.14. The van der Waals surface area contributed by atoms with Gasteiger partial charge in [-0.25, -0.2) is 0 Å². The average molecular weight is 467 g/mol. The molecular formula is C25H30N4O5. The summed E-state index contributed by atoms with van der Waals surface area (Å²) >= 11 is 0. The van der Waals surface area contributed by atoms with Gasteiger partial charge in [0.2, 0.25) is 5.91 Å². The number of amides is 2. The van der Waals surface area contributed by atoms with Crippen molar-refractivity contribution in [2.45, 2.75) is 25.5 Å². The first kappa shape index (κ1) is 23.6. The van der Waals surface area contributed by atoms with Crippen molar-refractivity contribution >= 4 is 23.5 Å². The number of para-hydroxylation sites is 2. The summed E-state index contributed by atoms with van der Waals surface area (Å²) in [7, 11) is 0. The lowest BCUT2D eigenvalue weighted by Crippen LogP contribution is -2.62. The molecule has 0 aliphatic carbocycles. The molecule has 4 rings (SSSR count). The van der Waals surface area contributed by atoms with E-state index in [1.54, 1.807) is 4.90 Å². The highest BCUT2D eigenvalue weighted by Gasteiger charge is 2.42. The van der Waals surface area contributed by atoms with Gasteiger partial charge in [0, 0.05) is 45.3 Å². The van der Waals surface area contributed by atoms with Crippen LogP contribution in [-0.2, 0) is 19.2 Å². The molecule has 0 aromatic heterocycles. The van der Waals surface area contributed by atoms with E-state index < -0.39 is 23.8 Å². The topological polar surface area (TPSA) is 100 Å². The van der Waals surface area contributed by atoms with E-state index in [0.717, 1.165) is 5.69 Å². The van der Waals surface area contributed by atoms with Gasteiger partial charge in [0.15, 0.2) is 0 Å². The number of carbonyl (C=O) groups excluding carboxylic acids is 3. The highest BCUT2D eigenvalue weighted by Crippen LogP contribution is 2.24. The molecule has 2 N–H and O–H groups in total. The summed E-state index contributed by atoms with van der Waals surface area (Å²) in [6.07, 6.45) is 0.00417. The molecule has 0 saturated carbocycles. The zero-order valence-corrected chi connectivity index (χ0v) is 19.2. The van der Waals surface area contributed by atoms with E-state index in [1.165, 1.54) is 6.92 Å². The Kier molecular flexibility index (Phi) is 7.64. The van der Waals surface area contributed by atoms with E-state index >= 15 is 0 Å². The van der Waals surface area contributed by atoms with Gasteiger partial charge in [-0.3, -0.25) is 14.4 Å². The molecule has 2 heterocycles. The third-order valence-corrected chi connectivity index (χ3v) is 6.14. The predicted molar refractivity (Wildman–Crippen MR) is 126 cm³/mol. The van der Waals surface area contributed by atoms with Gasteiger partial charge in [-0.2, -0.15) is 5.48 Å². The first-order valence-corrected chi connectivity index (χ1v) is 11.5. The Balaban J connectivity index is 1.41. The summed E-state index contributed by atoms with van der Waals surface area (Å²) in [6, 6.07) is 18.7. The zero-order valence-electron chi connectivity index (χ0n) is 19.2. The number of benzene rings is 2. The standard InChI is InChI=1S/C25H30N4O5/c1-18(30)34-27-24(31)22-16-21(33-20-10-6-3-7-11-20)17-26-23(22)25(32)29-14-12-28(13-15-29)19-8-4-2-5-9-19/h2-11,21-23,26H,12-17H2,1H3,(H,27,31). The van der Waals surface area contributed by atoms with Crippen LogP contribution in [0, 0.1) is 5.92 Å². The van der Waals surface area contributed by atoms with Gasteiger partial charge in [-0.1, -0.05) is 36.4 Å². The maximum absolute atomic E-state index is 13.4. The third kappa shape index (κ3) is 5.85. The summed E-state index contributed by atoms with van der Waals surface area (Å²) in [5.41, 5.74) is 3.32. The Bertz CT molecular complexity index is 979. The van der Waals surface area contributed by atoms with Gasteiger partial charge in [-0.05, 0) is 30.7 Å². The molecule has 2 aromatic carbocycles. The number of nitrogens with one attached hydrogen (secondary N) is 2. The van der Waals surface area contributed by atoms with E-state index in [9.17, 15) is 14.4 Å². The monoisotopic (exact) mass is 466 g/mol. The highest BCUT2D eigenvalue weighted by molar-refractivity contribution is 5.90. The van der Waals surface area contributed by atoms with Crippen molar-refractivity contribution in [2.24, 2.45) is 5.92 Å². The number of piperazine rings is 1. The number of hydrogen-bond acceptors (Lipinski definition) is 7. The number of rotatable bonds is 5. The molecule has 9 heteroatoms. The molecule has 9 nitrogen and oxygen atoms in total. The minimum absolute atomic E-state index is 0.131. The molecule has 2 saturated heterocycles. The molecule has 3 unspecified atom stereocenters. The van der Waals surface area contributed by atoms with E-state index in [4.69, 9.17) is 9.57 Å². The van der Waals surface area contributed by atoms with E-state index in [2.05, 4.69) is 27.8 Å². The molecule has 180 valence electrons. The molecule has 2 fully saturated rings. The Morgan fingerprint density at radius 3 is 2.24 bits per heavy atom. The van der Waals surface area contributed by atoms with Crippen molar-refractivity contribution < 1.29 is 24.0 Å². The molecule has 34 heavy (non-hydrogen) atoms. The fourth-order valence-electron chi connectivity index (χ4n) is 4.42. The summed E-state index contributed by atoms with van der Waals surface area (Å²) < 4.78 is 6.02. The van der Waals surface area contributed by atoms with Crippen molar-refractivity contribution in [2.75, 3.05) is 37.6 Å². The Morgan fingerprint density at radius 2 is 1.59 bits per heavy atom. The van der Waals surface area contributed by atoms with E-state index in [1.807, 2.05) is 48.5 Å². The van der Waals surface area contributed by atoms with Crippen molar-refractivity contribution in [3.63, 3.8) is 0 Å². The molecule has 0 radical (unpaired) electrons. The first-order chi connectivity index (χ1) is 16.5. The summed E-state index contributed by atoms with van der Waals surface area (Å²) in [5, 5.41) is 3.22. The van der Waals surface area contributed by atoms with Crippen LogP contribution in [0.3, 0.4) is 0 Å². The second-order valence-electron chi connectivity index (χ2n) is 8.49. The molecule has 0 bridgehead atoms. The molecule has 3 atom stereocenters. The normalized spacial score (nSPS) is 22.6. The lowest BCUT2D eigenvalue weighted by Gasteiger charge is -2.41. The number of nitrogens with zero attached hydrogens (tertiary/aromatic N) is 2. The van der Waals surface area contributed by atoms with Gasteiger partial charge in [0.25, 0.3) is 5.91 Å². The van der Waals surface area contributed by atoms with Crippen LogP contribution in [0.4, 0.5) is 5.69 Å². The zero-order chi connectivity index (χ0) is 23.9. The van der Waals surface area contributed by atoms with Gasteiger partial charge in [-0.15, -0.1) is 0 Å². The highest BCUT2D eigenvalue weighted by atomic mass is 16.7. The van der Waals surface area contributed by atoms with Crippen LogP contribution in [0.2, 0.25) is 0 Å². The molecule has 2 aliphatic heterocycles. The Labute approximate surface area is 199 Å². The second-order valence-corrected chi connectivity index (χ2v) is 8.49. The smallest absolute Gasteiger partial charge is 0.329 e. The van der Waals surface area contributed by atoms with Gasteiger partial charge < -0.3 is 24.7 Å². The van der Waals surface area contributed by atoms with Crippen LogP contribution in [0.15, 0.2) is 60.7 Å². The molecular weight excluding hydrogens is 436 g/mol. The largest absolute Gasteiger partial charge is 0.489 e. The number of anilines is 1. The van der Waals surface area contributed by atoms with E-state index in [-0.39, 0.29) is 12.0 Å². The minimum atomic E-state index is -0.749. The lowest BCUT2D eigenvalue weighted by atomic mass is 9.87. The number of carbonyl (C=O) groups is 3. The number of hydrogen-bond donors (Lipinski definition) is 2. The van der Waals surface area contributed by atoms with Gasteiger partial charge in [0.1, 0.15) is 11.9 Å². The molecule has 2 amide bonds. The van der Waals surface area contributed by atoms with Gasteiger partial charge in [0.05, 0.1) is 12.0 Å². The Hall–Kier alpha value is -3.59. The maximum atomic E-state index is 13.4. The van der Waals surface area contributed by atoms with Gasteiger partial charge >= 0.3 is 5.97 Å². The quantitative estimate of drug-likeness (QED) is 0.642. The summed E-state index contributed by atoms with van der Waals surface area (Å²) in [5.74, 6) is -1.34. The SMILES string of the molecule is CC(=O)ONC(=O)C1CC(Oc2ccccc2)CNC1C(=O)N1CCN(c2ccccc2)CC1. The fraction of sp³-hybridized carbons (Fsp3) is 0.400. The van der Waals surface area contributed by atoms with Crippen molar-refractivity contribution in [1.82, 2.24) is 15.7 Å². The van der Waals surface area contributed by atoms with Crippen LogP contribution in [0.25, 0.3) is 0 Å². The molecule has 2 aliphatic rings. The van der Waals surface area contributed by atoms with Crippen molar-refractivity contribution in [3.8, 4) is 5.75 Å². The second kappa shape index (κ2) is 11.0. The minimum Gasteiger partial charge on any atom is -0.489 e. The number of hydroxylamine groups is 1. The van der Waals surface area contributed by atoms with Crippen LogP contribution in [0.1, 0.15) is 13.3 Å². The Morgan fingerprint density at radius 1 is 0.941 bits per heavy atom. The first-order valence-electron chi connectivity index (χ1n) is 11.5. The van der Waals surface area contributed by atoms with E-state index in [0.29, 0.717) is 44.9 Å². The lowest BCUT2D eigenvalue weighted by molar-refractivity contribution is -0.160. The summed E-state index contributed by atoms with van der Waals surface area (Å²) in [6.45, 7) is 4.18. The fourth-order valence-corrected chi connectivity index (χ4v) is 4.42. The van der Waals surface area contributed by atoms with Crippen molar-refractivity contribution in [1.29, 1.82) is 0 Å². The van der Waals surface area contributed by atoms with Crippen LogP contribution >= 0.6 is 0 Å². The maximum Gasteiger partial charge on any atom is 0.329 e. The summed E-state index contributed by atoms with van der Waals surface area (Å²) in [4.78, 5) is 46.2. The number of piperidine rings is 1. The van der Waals surface area contributed by atoms with Crippen LogP contribution in [0.5, 0.6) is 5.75 Å². The van der Waals surface area contributed by atoms with Crippen LogP contribution in [-0.4, -0.2) is 67.6 Å². The molecule has 0 spiro atoms.